The van der Waals surface area contributed by atoms with Crippen LogP contribution >= 0.6 is 0 Å². The summed E-state index contributed by atoms with van der Waals surface area (Å²) in [5.41, 5.74) is 2.94. The number of nitrogens with zero attached hydrogens (tertiary/aromatic N) is 2. The Kier molecular flexibility index (Phi) is 6.08. The SMILES string of the molecule is Cc1ccc(NC(=O)[C@@H](C)N(c2cc([N+](=O)[O-])ccc2C)S(C)(=O)=O)cc1C. The number of sulfonamides is 1. The molecule has 0 bridgehead atoms. The number of carbonyl (C=O) groups is 1. The van der Waals surface area contributed by atoms with Gasteiger partial charge in [-0.2, -0.15) is 0 Å². The molecule has 0 fully saturated rings. The molecule has 0 aromatic heterocycles. The number of rotatable bonds is 6. The van der Waals surface area contributed by atoms with Crippen LogP contribution < -0.4 is 9.62 Å². The van der Waals surface area contributed by atoms with Gasteiger partial charge in [-0.05, 0) is 56.5 Å². The molecule has 1 atom stereocenters. The maximum absolute atomic E-state index is 12.7. The van der Waals surface area contributed by atoms with Crippen molar-refractivity contribution in [3.05, 3.63) is 63.2 Å². The molecule has 0 heterocycles. The molecule has 0 aliphatic rings. The highest BCUT2D eigenvalue weighted by molar-refractivity contribution is 7.92. The molecule has 2 rings (SSSR count). The van der Waals surface area contributed by atoms with Crippen LogP contribution in [0, 0.1) is 30.9 Å². The predicted octanol–water partition coefficient (Wildman–Crippen LogP) is 3.31. The molecule has 2 aromatic rings. The summed E-state index contributed by atoms with van der Waals surface area (Å²) < 4.78 is 25.8. The van der Waals surface area contributed by atoms with Gasteiger partial charge in [-0.25, -0.2) is 8.42 Å². The van der Waals surface area contributed by atoms with Gasteiger partial charge in [-0.1, -0.05) is 12.1 Å². The fourth-order valence-electron chi connectivity index (χ4n) is 2.80. The Morgan fingerprint density at radius 1 is 1.07 bits per heavy atom. The average Bonchev–Trinajstić information content (AvgIpc) is 2.58. The van der Waals surface area contributed by atoms with Gasteiger partial charge in [-0.3, -0.25) is 19.2 Å². The van der Waals surface area contributed by atoms with E-state index < -0.39 is 26.9 Å². The van der Waals surface area contributed by atoms with E-state index in [4.69, 9.17) is 0 Å². The quantitative estimate of drug-likeness (QED) is 0.586. The minimum Gasteiger partial charge on any atom is -0.324 e. The predicted molar refractivity (Wildman–Crippen MR) is 109 cm³/mol. The number of benzene rings is 2. The lowest BCUT2D eigenvalue weighted by atomic mass is 10.1. The Morgan fingerprint density at radius 3 is 2.21 bits per heavy atom. The monoisotopic (exact) mass is 405 g/mol. The Labute approximate surface area is 164 Å². The van der Waals surface area contributed by atoms with Crippen molar-refractivity contribution in [2.75, 3.05) is 15.9 Å². The number of nitro benzene ring substituents is 1. The van der Waals surface area contributed by atoms with Gasteiger partial charge in [0.05, 0.1) is 16.9 Å². The fraction of sp³-hybridized carbons (Fsp3) is 0.316. The molecule has 1 amide bonds. The number of carbonyl (C=O) groups excluding carboxylic acids is 1. The second-order valence-corrected chi connectivity index (χ2v) is 8.61. The standard InChI is InChI=1S/C19H23N3O5S/c1-12-6-8-16(10-14(12)3)20-19(23)15(4)21(28(5,26)27)18-11-17(22(24)25)9-7-13(18)2/h6-11,15H,1-5H3,(H,20,23)/t15-/m1/s1. The van der Waals surface area contributed by atoms with E-state index >= 15 is 0 Å². The molecule has 0 saturated heterocycles. The van der Waals surface area contributed by atoms with E-state index in [1.165, 1.54) is 19.1 Å². The lowest BCUT2D eigenvalue weighted by Crippen LogP contribution is -2.45. The summed E-state index contributed by atoms with van der Waals surface area (Å²) in [6.07, 6.45) is 0.963. The van der Waals surface area contributed by atoms with Crippen molar-refractivity contribution in [3.63, 3.8) is 0 Å². The molecule has 150 valence electrons. The molecule has 1 N–H and O–H groups in total. The normalized spacial score (nSPS) is 12.3. The summed E-state index contributed by atoms with van der Waals surface area (Å²) in [7, 11) is -3.88. The number of non-ortho nitro benzene ring substituents is 1. The minimum absolute atomic E-state index is 0.0967. The highest BCUT2D eigenvalue weighted by atomic mass is 32.2. The molecular weight excluding hydrogens is 382 g/mol. The van der Waals surface area contributed by atoms with Gasteiger partial charge in [0, 0.05) is 17.8 Å². The van der Waals surface area contributed by atoms with Gasteiger partial charge in [0.25, 0.3) is 5.69 Å². The maximum Gasteiger partial charge on any atom is 0.271 e. The minimum atomic E-state index is -3.88. The van der Waals surface area contributed by atoms with E-state index in [1.54, 1.807) is 19.1 Å². The first kappa shape index (κ1) is 21.4. The zero-order valence-electron chi connectivity index (χ0n) is 16.4. The van der Waals surface area contributed by atoms with E-state index in [0.717, 1.165) is 27.8 Å². The third-order valence-electron chi connectivity index (χ3n) is 4.50. The zero-order valence-corrected chi connectivity index (χ0v) is 17.2. The van der Waals surface area contributed by atoms with Crippen LogP contribution in [-0.4, -0.2) is 31.5 Å². The van der Waals surface area contributed by atoms with E-state index in [-0.39, 0.29) is 11.4 Å². The average molecular weight is 405 g/mol. The second kappa shape index (κ2) is 7.97. The molecule has 28 heavy (non-hydrogen) atoms. The lowest BCUT2D eigenvalue weighted by molar-refractivity contribution is -0.384. The fourth-order valence-corrected chi connectivity index (χ4v) is 4.02. The Morgan fingerprint density at radius 2 is 1.68 bits per heavy atom. The number of hydrogen-bond acceptors (Lipinski definition) is 5. The van der Waals surface area contributed by atoms with Gasteiger partial charge in [0.2, 0.25) is 15.9 Å². The Bertz CT molecular complexity index is 1030. The first-order valence-electron chi connectivity index (χ1n) is 8.54. The molecule has 0 radical (unpaired) electrons. The lowest BCUT2D eigenvalue weighted by Gasteiger charge is -2.29. The highest BCUT2D eigenvalue weighted by Crippen LogP contribution is 2.29. The topological polar surface area (TPSA) is 110 Å². The van der Waals surface area contributed by atoms with Crippen molar-refractivity contribution in [2.45, 2.75) is 33.7 Å². The molecule has 9 heteroatoms. The molecule has 0 saturated carbocycles. The van der Waals surface area contributed by atoms with Crippen molar-refractivity contribution in [1.29, 1.82) is 0 Å². The Hall–Kier alpha value is -2.94. The number of nitrogens with one attached hydrogen (secondary N) is 1. The molecule has 0 aliphatic heterocycles. The summed E-state index contributed by atoms with van der Waals surface area (Å²) in [6.45, 7) is 6.92. The number of nitro groups is 1. The van der Waals surface area contributed by atoms with E-state index in [0.29, 0.717) is 11.3 Å². The molecular formula is C19H23N3O5S. The first-order chi connectivity index (χ1) is 12.9. The third kappa shape index (κ3) is 4.66. The largest absolute Gasteiger partial charge is 0.324 e. The van der Waals surface area contributed by atoms with Gasteiger partial charge >= 0.3 is 0 Å². The van der Waals surface area contributed by atoms with Crippen LogP contribution in [0.4, 0.5) is 17.1 Å². The summed E-state index contributed by atoms with van der Waals surface area (Å²) in [5.74, 6) is -0.542. The van der Waals surface area contributed by atoms with E-state index in [9.17, 15) is 23.3 Å². The summed E-state index contributed by atoms with van der Waals surface area (Å²) >= 11 is 0. The summed E-state index contributed by atoms with van der Waals surface area (Å²) in [4.78, 5) is 23.2. The van der Waals surface area contributed by atoms with Crippen LogP contribution in [0.2, 0.25) is 0 Å². The smallest absolute Gasteiger partial charge is 0.271 e. The van der Waals surface area contributed by atoms with Gasteiger partial charge < -0.3 is 5.32 Å². The van der Waals surface area contributed by atoms with E-state index in [1.807, 2.05) is 19.9 Å². The summed E-state index contributed by atoms with van der Waals surface area (Å²) in [6, 6.07) is 8.18. The van der Waals surface area contributed by atoms with Crippen LogP contribution in [0.3, 0.4) is 0 Å². The number of anilines is 2. The van der Waals surface area contributed by atoms with Crippen LogP contribution in [0.15, 0.2) is 36.4 Å². The second-order valence-electron chi connectivity index (χ2n) is 6.75. The molecule has 2 aromatic carbocycles. The number of aryl methyl sites for hydroxylation is 3. The first-order valence-corrected chi connectivity index (χ1v) is 10.4. The highest BCUT2D eigenvalue weighted by Gasteiger charge is 2.31. The zero-order chi connectivity index (χ0) is 21.2. The van der Waals surface area contributed by atoms with Gasteiger partial charge in [0.1, 0.15) is 6.04 Å². The van der Waals surface area contributed by atoms with Crippen molar-refractivity contribution in [3.8, 4) is 0 Å². The molecule has 8 nitrogen and oxygen atoms in total. The van der Waals surface area contributed by atoms with Crippen molar-refractivity contribution in [1.82, 2.24) is 0 Å². The van der Waals surface area contributed by atoms with Crippen molar-refractivity contribution >= 4 is 33.0 Å². The number of amides is 1. The maximum atomic E-state index is 12.7. The summed E-state index contributed by atoms with van der Waals surface area (Å²) in [5, 5.41) is 13.8. The number of hydrogen-bond donors (Lipinski definition) is 1. The van der Waals surface area contributed by atoms with Crippen molar-refractivity contribution in [2.24, 2.45) is 0 Å². The van der Waals surface area contributed by atoms with Crippen LogP contribution in [0.1, 0.15) is 23.6 Å². The van der Waals surface area contributed by atoms with Gasteiger partial charge in [0.15, 0.2) is 0 Å². The molecule has 0 unspecified atom stereocenters. The third-order valence-corrected chi connectivity index (χ3v) is 5.73. The van der Waals surface area contributed by atoms with Crippen LogP contribution in [0.5, 0.6) is 0 Å². The van der Waals surface area contributed by atoms with Crippen molar-refractivity contribution < 1.29 is 18.1 Å². The molecule has 0 spiro atoms. The van der Waals surface area contributed by atoms with Crippen LogP contribution in [0.25, 0.3) is 0 Å². The Balaban J connectivity index is 2.43. The van der Waals surface area contributed by atoms with Gasteiger partial charge in [-0.15, -0.1) is 0 Å². The molecule has 0 aliphatic carbocycles. The van der Waals surface area contributed by atoms with E-state index in [2.05, 4.69) is 5.32 Å². The van der Waals surface area contributed by atoms with Crippen LogP contribution in [-0.2, 0) is 14.8 Å².